The highest BCUT2D eigenvalue weighted by molar-refractivity contribution is 7.13. The molecule has 0 radical (unpaired) electrons. The number of thiophene rings is 1. The summed E-state index contributed by atoms with van der Waals surface area (Å²) in [4.78, 5) is 14.2. The molecule has 0 bridgehead atoms. The van der Waals surface area contributed by atoms with Gasteiger partial charge in [-0.05, 0) is 61.4 Å². The smallest absolute Gasteiger partial charge is 0.270 e. The summed E-state index contributed by atoms with van der Waals surface area (Å²) in [5.74, 6) is -0.0295. The Kier molecular flexibility index (Phi) is 5.12. The average Bonchev–Trinajstić information content (AvgIpc) is 3.34. The molecule has 3 aromatic rings. The molecule has 0 saturated heterocycles. The van der Waals surface area contributed by atoms with E-state index in [1.54, 1.807) is 11.3 Å². The van der Waals surface area contributed by atoms with Gasteiger partial charge < -0.3 is 5.32 Å². The molecule has 27 heavy (non-hydrogen) atoms. The summed E-state index contributed by atoms with van der Waals surface area (Å²) in [6.45, 7) is 4.12. The lowest BCUT2D eigenvalue weighted by atomic mass is 9.95. The van der Waals surface area contributed by atoms with Gasteiger partial charge in [-0.15, -0.1) is 11.3 Å². The first-order valence-electron chi connectivity index (χ1n) is 9.64. The normalized spacial score (nSPS) is 15.0. The molecule has 1 N–H and O–H groups in total. The van der Waals surface area contributed by atoms with E-state index < -0.39 is 0 Å². The Labute approximate surface area is 164 Å². The Morgan fingerprint density at radius 1 is 1.15 bits per heavy atom. The predicted octanol–water partition coefficient (Wildman–Crippen LogP) is 5.28. The van der Waals surface area contributed by atoms with E-state index in [1.807, 2.05) is 28.3 Å². The number of nitrogens with zero attached hydrogens (tertiary/aromatic N) is 2. The van der Waals surface area contributed by atoms with Crippen LogP contribution < -0.4 is 5.32 Å². The maximum Gasteiger partial charge on any atom is 0.270 e. The van der Waals surface area contributed by atoms with Gasteiger partial charge in [0, 0.05) is 6.04 Å². The molecule has 140 valence electrons. The third kappa shape index (κ3) is 3.83. The maximum absolute atomic E-state index is 13.1. The van der Waals surface area contributed by atoms with E-state index >= 15 is 0 Å². The molecule has 0 unspecified atom stereocenters. The molecule has 0 spiro atoms. The molecule has 4 nitrogen and oxygen atoms in total. The number of amides is 1. The van der Waals surface area contributed by atoms with Crippen molar-refractivity contribution in [1.82, 2.24) is 15.1 Å². The number of aromatic nitrogens is 2. The van der Waals surface area contributed by atoms with Crippen LogP contribution in [0.4, 0.5) is 0 Å². The first-order chi connectivity index (χ1) is 13.1. The minimum Gasteiger partial charge on any atom is -0.348 e. The maximum atomic E-state index is 13.1. The molecule has 1 saturated carbocycles. The lowest BCUT2D eigenvalue weighted by molar-refractivity contribution is 0.0920. The molecule has 2 aromatic heterocycles. The van der Waals surface area contributed by atoms with Gasteiger partial charge in [-0.1, -0.05) is 37.5 Å². The number of carbonyl (C=O) groups excluding carboxylic acids is 1. The number of hydrogen-bond donors (Lipinski definition) is 1. The van der Waals surface area contributed by atoms with Crippen LogP contribution in [0.2, 0.25) is 0 Å². The standard InChI is InChI=1S/C22H25N3OS/c1-15-10-11-16(2)19(13-15)25-20(14-18(24-25)21-9-6-12-27-21)22(26)23-17-7-4-3-5-8-17/h6,9-14,17H,3-5,7-8H2,1-2H3,(H,23,26). The van der Waals surface area contributed by atoms with Gasteiger partial charge >= 0.3 is 0 Å². The van der Waals surface area contributed by atoms with Crippen molar-refractivity contribution in [2.24, 2.45) is 0 Å². The molecular weight excluding hydrogens is 354 g/mol. The van der Waals surface area contributed by atoms with E-state index in [0.717, 1.165) is 40.2 Å². The molecule has 0 atom stereocenters. The second-order valence-corrected chi connectivity index (χ2v) is 8.35. The first-order valence-corrected chi connectivity index (χ1v) is 10.5. The largest absolute Gasteiger partial charge is 0.348 e. The topological polar surface area (TPSA) is 46.9 Å². The molecule has 1 amide bonds. The molecule has 4 rings (SSSR count). The zero-order valence-electron chi connectivity index (χ0n) is 15.9. The predicted molar refractivity (Wildman–Crippen MR) is 111 cm³/mol. The summed E-state index contributed by atoms with van der Waals surface area (Å²) in [5, 5.41) is 10.1. The molecular formula is C22H25N3OS. The van der Waals surface area contributed by atoms with E-state index in [0.29, 0.717) is 5.69 Å². The summed E-state index contributed by atoms with van der Waals surface area (Å²) < 4.78 is 1.82. The van der Waals surface area contributed by atoms with Crippen molar-refractivity contribution in [2.45, 2.75) is 52.0 Å². The highest BCUT2D eigenvalue weighted by Crippen LogP contribution is 2.27. The zero-order valence-corrected chi connectivity index (χ0v) is 16.7. The number of hydrogen-bond acceptors (Lipinski definition) is 3. The van der Waals surface area contributed by atoms with Crippen LogP contribution in [0.5, 0.6) is 0 Å². The van der Waals surface area contributed by atoms with Crippen molar-refractivity contribution < 1.29 is 4.79 Å². The fourth-order valence-corrected chi connectivity index (χ4v) is 4.41. The Morgan fingerprint density at radius 2 is 1.96 bits per heavy atom. The van der Waals surface area contributed by atoms with Gasteiger partial charge in [0.05, 0.1) is 10.6 Å². The summed E-state index contributed by atoms with van der Waals surface area (Å²) >= 11 is 1.64. The Bertz CT molecular complexity index is 937. The lowest BCUT2D eigenvalue weighted by Gasteiger charge is -2.23. The molecule has 2 heterocycles. The Hall–Kier alpha value is -2.40. The minimum atomic E-state index is -0.0295. The van der Waals surface area contributed by atoms with Crippen LogP contribution >= 0.6 is 11.3 Å². The fraction of sp³-hybridized carbons (Fsp3) is 0.364. The minimum absolute atomic E-state index is 0.0295. The van der Waals surface area contributed by atoms with Crippen LogP contribution in [0.1, 0.15) is 53.7 Å². The summed E-state index contributed by atoms with van der Waals surface area (Å²) in [6.07, 6.45) is 5.81. The van der Waals surface area contributed by atoms with E-state index in [9.17, 15) is 4.79 Å². The number of aryl methyl sites for hydroxylation is 2. The second-order valence-electron chi connectivity index (χ2n) is 7.40. The molecule has 5 heteroatoms. The zero-order chi connectivity index (χ0) is 18.8. The Balaban J connectivity index is 1.74. The van der Waals surface area contributed by atoms with Crippen molar-refractivity contribution in [3.8, 4) is 16.3 Å². The summed E-state index contributed by atoms with van der Waals surface area (Å²) in [7, 11) is 0. The Morgan fingerprint density at radius 3 is 2.70 bits per heavy atom. The van der Waals surface area contributed by atoms with Crippen LogP contribution in [0.25, 0.3) is 16.3 Å². The highest BCUT2D eigenvalue weighted by Gasteiger charge is 2.22. The first kappa shape index (κ1) is 18.0. The van der Waals surface area contributed by atoms with E-state index in [-0.39, 0.29) is 11.9 Å². The van der Waals surface area contributed by atoms with Crippen molar-refractivity contribution in [2.75, 3.05) is 0 Å². The number of carbonyl (C=O) groups is 1. The number of rotatable bonds is 4. The van der Waals surface area contributed by atoms with Gasteiger partial charge in [0.25, 0.3) is 5.91 Å². The van der Waals surface area contributed by atoms with Crippen LogP contribution in [0.15, 0.2) is 41.8 Å². The number of benzene rings is 1. The van der Waals surface area contributed by atoms with Gasteiger partial charge in [0.15, 0.2) is 0 Å². The summed E-state index contributed by atoms with van der Waals surface area (Å²) in [6, 6.07) is 12.5. The van der Waals surface area contributed by atoms with Gasteiger partial charge in [0.2, 0.25) is 0 Å². The third-order valence-corrected chi connectivity index (χ3v) is 6.14. The van der Waals surface area contributed by atoms with E-state index in [2.05, 4.69) is 37.4 Å². The molecule has 1 aliphatic carbocycles. The van der Waals surface area contributed by atoms with Gasteiger partial charge in [-0.25, -0.2) is 4.68 Å². The summed E-state index contributed by atoms with van der Waals surface area (Å²) in [5.41, 5.74) is 4.68. The number of nitrogens with one attached hydrogen (secondary N) is 1. The average molecular weight is 380 g/mol. The van der Waals surface area contributed by atoms with E-state index in [4.69, 9.17) is 5.10 Å². The van der Waals surface area contributed by atoms with Crippen LogP contribution in [0.3, 0.4) is 0 Å². The monoisotopic (exact) mass is 379 g/mol. The molecule has 1 aliphatic rings. The highest BCUT2D eigenvalue weighted by atomic mass is 32.1. The quantitative estimate of drug-likeness (QED) is 0.670. The molecule has 0 aliphatic heterocycles. The molecule has 1 fully saturated rings. The van der Waals surface area contributed by atoms with Crippen LogP contribution in [-0.2, 0) is 0 Å². The van der Waals surface area contributed by atoms with Crippen LogP contribution in [-0.4, -0.2) is 21.7 Å². The lowest BCUT2D eigenvalue weighted by Crippen LogP contribution is -2.37. The van der Waals surface area contributed by atoms with Crippen LogP contribution in [0, 0.1) is 13.8 Å². The van der Waals surface area contributed by atoms with Crippen molar-refractivity contribution >= 4 is 17.2 Å². The third-order valence-electron chi connectivity index (χ3n) is 5.25. The van der Waals surface area contributed by atoms with Crippen molar-refractivity contribution in [3.05, 3.63) is 58.6 Å². The van der Waals surface area contributed by atoms with E-state index in [1.165, 1.54) is 19.3 Å². The van der Waals surface area contributed by atoms with Crippen molar-refractivity contribution in [3.63, 3.8) is 0 Å². The van der Waals surface area contributed by atoms with Crippen molar-refractivity contribution in [1.29, 1.82) is 0 Å². The SMILES string of the molecule is Cc1ccc(C)c(-n2nc(-c3cccs3)cc2C(=O)NC2CCCCC2)c1. The van der Waals surface area contributed by atoms with Gasteiger partial charge in [-0.3, -0.25) is 4.79 Å². The fourth-order valence-electron chi connectivity index (χ4n) is 3.73. The van der Waals surface area contributed by atoms with Gasteiger partial charge in [-0.2, -0.15) is 5.10 Å². The van der Waals surface area contributed by atoms with Gasteiger partial charge in [0.1, 0.15) is 11.4 Å². The second kappa shape index (κ2) is 7.69. The molecule has 1 aromatic carbocycles.